The molecule has 94 valence electrons. The Morgan fingerprint density at radius 1 is 1.65 bits per heavy atom. The van der Waals surface area contributed by atoms with Crippen LogP contribution in [0.1, 0.15) is 36.7 Å². The van der Waals surface area contributed by atoms with Gasteiger partial charge >= 0.3 is 0 Å². The molecule has 0 spiro atoms. The van der Waals surface area contributed by atoms with E-state index in [2.05, 4.69) is 5.16 Å². The van der Waals surface area contributed by atoms with Crippen LogP contribution in [0.2, 0.25) is 0 Å². The van der Waals surface area contributed by atoms with Gasteiger partial charge in [-0.15, -0.1) is 0 Å². The molecule has 17 heavy (non-hydrogen) atoms. The van der Waals surface area contributed by atoms with Crippen molar-refractivity contribution in [2.45, 2.75) is 32.2 Å². The first-order valence-corrected chi connectivity index (χ1v) is 6.19. The molecule has 1 amide bonds. The Bertz CT molecular complexity index is 364. The van der Waals surface area contributed by atoms with E-state index in [1.807, 2.05) is 11.8 Å². The van der Waals surface area contributed by atoms with Gasteiger partial charge in [0, 0.05) is 18.7 Å². The Kier molecular flexibility index (Phi) is 3.78. The molecular formula is C12H19N3O2. The summed E-state index contributed by atoms with van der Waals surface area (Å²) in [7, 11) is 0. The molecule has 1 heterocycles. The predicted octanol–water partition coefficient (Wildman–Crippen LogP) is 1.26. The quantitative estimate of drug-likeness (QED) is 0.855. The Morgan fingerprint density at radius 3 is 3.06 bits per heavy atom. The van der Waals surface area contributed by atoms with Gasteiger partial charge in [-0.2, -0.15) is 0 Å². The fourth-order valence-electron chi connectivity index (χ4n) is 2.70. The minimum atomic E-state index is -0.0737. The summed E-state index contributed by atoms with van der Waals surface area (Å²) in [6.07, 6.45) is 4.79. The molecule has 0 saturated heterocycles. The van der Waals surface area contributed by atoms with Crippen molar-refractivity contribution < 1.29 is 9.32 Å². The fourth-order valence-corrected chi connectivity index (χ4v) is 2.70. The molecule has 0 radical (unpaired) electrons. The van der Waals surface area contributed by atoms with Crippen LogP contribution in [-0.4, -0.2) is 35.1 Å². The zero-order valence-corrected chi connectivity index (χ0v) is 10.1. The summed E-state index contributed by atoms with van der Waals surface area (Å²) >= 11 is 0. The highest BCUT2D eigenvalue weighted by atomic mass is 16.5. The van der Waals surface area contributed by atoms with Crippen LogP contribution in [0.15, 0.2) is 16.8 Å². The van der Waals surface area contributed by atoms with E-state index in [9.17, 15) is 4.79 Å². The van der Waals surface area contributed by atoms with E-state index in [1.54, 1.807) is 6.07 Å². The Labute approximate surface area is 101 Å². The van der Waals surface area contributed by atoms with E-state index < -0.39 is 0 Å². The summed E-state index contributed by atoms with van der Waals surface area (Å²) in [6.45, 7) is 3.31. The second-order valence-electron chi connectivity index (χ2n) is 4.46. The first kappa shape index (κ1) is 12.1. The molecule has 1 aliphatic carbocycles. The average Bonchev–Trinajstić information content (AvgIpc) is 3.01. The standard InChI is InChI=1S/C12H19N3O2/c1-2-15(10-5-3-4-9(10)8-13)12(16)11-6-7-14-17-11/h6-7,9-10H,2-5,8,13H2,1H3. The van der Waals surface area contributed by atoms with E-state index in [0.29, 0.717) is 24.8 Å². The van der Waals surface area contributed by atoms with Crippen LogP contribution in [-0.2, 0) is 0 Å². The van der Waals surface area contributed by atoms with Gasteiger partial charge in [-0.3, -0.25) is 4.79 Å². The monoisotopic (exact) mass is 237 g/mol. The molecule has 0 aliphatic heterocycles. The van der Waals surface area contributed by atoms with Crippen molar-refractivity contribution in [1.82, 2.24) is 10.1 Å². The van der Waals surface area contributed by atoms with Gasteiger partial charge in [0.1, 0.15) is 0 Å². The smallest absolute Gasteiger partial charge is 0.292 e. The van der Waals surface area contributed by atoms with Gasteiger partial charge in [0.2, 0.25) is 5.76 Å². The van der Waals surface area contributed by atoms with Crippen molar-refractivity contribution in [3.05, 3.63) is 18.0 Å². The summed E-state index contributed by atoms with van der Waals surface area (Å²) < 4.78 is 4.93. The normalized spacial score (nSPS) is 23.9. The molecule has 1 fully saturated rings. The van der Waals surface area contributed by atoms with Crippen molar-refractivity contribution in [3.63, 3.8) is 0 Å². The van der Waals surface area contributed by atoms with Crippen LogP contribution >= 0.6 is 0 Å². The Morgan fingerprint density at radius 2 is 2.47 bits per heavy atom. The summed E-state index contributed by atoms with van der Waals surface area (Å²) in [4.78, 5) is 14.1. The highest BCUT2D eigenvalue weighted by molar-refractivity contribution is 5.91. The van der Waals surface area contributed by atoms with Crippen LogP contribution in [0.5, 0.6) is 0 Å². The molecular weight excluding hydrogens is 218 g/mol. The minimum Gasteiger partial charge on any atom is -0.351 e. The molecule has 0 bridgehead atoms. The van der Waals surface area contributed by atoms with Crippen molar-refractivity contribution in [2.75, 3.05) is 13.1 Å². The Balaban J connectivity index is 2.13. The zero-order chi connectivity index (χ0) is 12.3. The number of hydrogen-bond donors (Lipinski definition) is 1. The topological polar surface area (TPSA) is 72.4 Å². The highest BCUT2D eigenvalue weighted by Gasteiger charge is 2.34. The molecule has 2 N–H and O–H groups in total. The molecule has 1 aliphatic rings. The van der Waals surface area contributed by atoms with Crippen LogP contribution in [0.4, 0.5) is 0 Å². The predicted molar refractivity (Wildman–Crippen MR) is 63.4 cm³/mol. The third-order valence-corrected chi connectivity index (χ3v) is 3.57. The number of nitrogens with zero attached hydrogens (tertiary/aromatic N) is 2. The lowest BCUT2D eigenvalue weighted by atomic mass is 10.0. The summed E-state index contributed by atoms with van der Waals surface area (Å²) in [6, 6.07) is 1.86. The lowest BCUT2D eigenvalue weighted by Gasteiger charge is -2.31. The van der Waals surface area contributed by atoms with Crippen LogP contribution in [0.25, 0.3) is 0 Å². The maximum atomic E-state index is 12.2. The molecule has 2 atom stereocenters. The van der Waals surface area contributed by atoms with E-state index in [1.165, 1.54) is 6.20 Å². The molecule has 0 aromatic carbocycles. The molecule has 1 aromatic rings. The number of amides is 1. The van der Waals surface area contributed by atoms with Crippen molar-refractivity contribution in [2.24, 2.45) is 11.7 Å². The van der Waals surface area contributed by atoms with E-state index in [4.69, 9.17) is 10.3 Å². The van der Waals surface area contributed by atoms with Crippen LogP contribution in [0, 0.1) is 5.92 Å². The highest BCUT2D eigenvalue weighted by Crippen LogP contribution is 2.30. The SMILES string of the molecule is CCN(C(=O)c1ccno1)C1CCCC1CN. The van der Waals surface area contributed by atoms with E-state index >= 15 is 0 Å². The van der Waals surface area contributed by atoms with Gasteiger partial charge in [-0.25, -0.2) is 0 Å². The van der Waals surface area contributed by atoms with Crippen LogP contribution < -0.4 is 5.73 Å². The van der Waals surface area contributed by atoms with Crippen LogP contribution in [0.3, 0.4) is 0 Å². The summed E-state index contributed by atoms with van der Waals surface area (Å²) in [5, 5.41) is 3.58. The zero-order valence-electron chi connectivity index (χ0n) is 10.1. The van der Waals surface area contributed by atoms with Crippen molar-refractivity contribution in [3.8, 4) is 0 Å². The maximum Gasteiger partial charge on any atom is 0.292 e. The number of carbonyl (C=O) groups is 1. The number of carbonyl (C=O) groups excluding carboxylic acids is 1. The summed E-state index contributed by atoms with van der Waals surface area (Å²) in [5.41, 5.74) is 5.76. The molecule has 5 nitrogen and oxygen atoms in total. The molecule has 2 rings (SSSR count). The molecule has 1 saturated carbocycles. The lowest BCUT2D eigenvalue weighted by Crippen LogP contribution is -2.44. The van der Waals surface area contributed by atoms with Gasteiger partial charge in [0.15, 0.2) is 0 Å². The number of aromatic nitrogens is 1. The molecule has 2 unspecified atom stereocenters. The maximum absolute atomic E-state index is 12.2. The van der Waals surface area contributed by atoms with Gasteiger partial charge in [-0.05, 0) is 32.2 Å². The second kappa shape index (κ2) is 5.31. The van der Waals surface area contributed by atoms with Crippen molar-refractivity contribution >= 4 is 5.91 Å². The van der Waals surface area contributed by atoms with Gasteiger partial charge < -0.3 is 15.2 Å². The number of nitrogens with two attached hydrogens (primary N) is 1. The average molecular weight is 237 g/mol. The fraction of sp³-hybridized carbons (Fsp3) is 0.667. The molecule has 1 aromatic heterocycles. The minimum absolute atomic E-state index is 0.0737. The second-order valence-corrected chi connectivity index (χ2v) is 4.46. The first-order chi connectivity index (χ1) is 8.27. The van der Waals surface area contributed by atoms with Gasteiger partial charge in [0.05, 0.1) is 6.20 Å². The van der Waals surface area contributed by atoms with Gasteiger partial charge in [0.25, 0.3) is 5.91 Å². The first-order valence-electron chi connectivity index (χ1n) is 6.19. The number of rotatable bonds is 4. The van der Waals surface area contributed by atoms with E-state index in [0.717, 1.165) is 19.3 Å². The third kappa shape index (κ3) is 2.34. The lowest BCUT2D eigenvalue weighted by molar-refractivity contribution is 0.0609. The Hall–Kier alpha value is -1.36. The number of hydrogen-bond acceptors (Lipinski definition) is 4. The molecule has 5 heteroatoms. The van der Waals surface area contributed by atoms with E-state index in [-0.39, 0.29) is 11.9 Å². The third-order valence-electron chi connectivity index (χ3n) is 3.57. The largest absolute Gasteiger partial charge is 0.351 e. The summed E-state index contributed by atoms with van der Waals surface area (Å²) in [5.74, 6) is 0.659. The van der Waals surface area contributed by atoms with Crippen molar-refractivity contribution in [1.29, 1.82) is 0 Å². The van der Waals surface area contributed by atoms with Gasteiger partial charge in [-0.1, -0.05) is 11.6 Å².